The van der Waals surface area contributed by atoms with E-state index in [0.29, 0.717) is 19.6 Å². The molecule has 0 radical (unpaired) electrons. The molecule has 0 saturated carbocycles. The molecule has 0 atom stereocenters. The molecule has 6 nitrogen and oxygen atoms in total. The molecule has 0 bridgehead atoms. The number of nitrogens with two attached hydrogens (primary N) is 1. The number of hydrogen-bond donors (Lipinski definition) is 2. The zero-order valence-corrected chi connectivity index (χ0v) is 23.6. The van der Waals surface area contributed by atoms with Crippen LogP contribution in [0.3, 0.4) is 0 Å². The zero-order valence-electron chi connectivity index (χ0n) is 21.1. The van der Waals surface area contributed by atoms with Crippen LogP contribution in [0.15, 0.2) is 97.5 Å². The summed E-state index contributed by atoms with van der Waals surface area (Å²) in [6.07, 6.45) is 3.55. The van der Waals surface area contributed by atoms with Gasteiger partial charge in [-0.15, -0.1) is 37.2 Å². The fraction of sp³-hybridized carbons (Fsp3) is 0.133. The summed E-state index contributed by atoms with van der Waals surface area (Å²) >= 11 is 0. The largest absolute Gasteiger partial charge is 0.399 e. The maximum absolute atomic E-state index is 13.9. The molecule has 5 aromatic rings. The number of hydrogen-bond acceptors (Lipinski definition) is 4. The van der Waals surface area contributed by atoms with Gasteiger partial charge in [0.05, 0.1) is 18.6 Å². The summed E-state index contributed by atoms with van der Waals surface area (Å²) in [5.74, 6) is 0.0514. The lowest BCUT2D eigenvalue weighted by atomic mass is 10.00. The maximum atomic E-state index is 13.9. The Morgan fingerprint density at radius 3 is 2.44 bits per heavy atom. The van der Waals surface area contributed by atoms with E-state index in [-0.39, 0.29) is 43.1 Å². The van der Waals surface area contributed by atoms with Crippen molar-refractivity contribution in [2.24, 2.45) is 0 Å². The minimum atomic E-state index is 0. The minimum Gasteiger partial charge on any atom is -0.399 e. The van der Waals surface area contributed by atoms with Crippen LogP contribution in [-0.4, -0.2) is 33.9 Å². The topological polar surface area (TPSA) is 78.2 Å². The third-order valence-corrected chi connectivity index (χ3v) is 6.86. The number of H-pyrrole nitrogens is 1. The molecule has 9 heteroatoms. The normalized spacial score (nSPS) is 12.4. The minimum absolute atomic E-state index is 0. The Kier molecular flexibility index (Phi) is 9.86. The highest BCUT2D eigenvalue weighted by atomic mass is 35.5. The number of rotatable bonds is 4. The molecule has 1 aromatic heterocycles. The molecule has 1 amide bonds. The Hall–Kier alpha value is -3.71. The lowest BCUT2D eigenvalue weighted by Gasteiger charge is -2.24. The van der Waals surface area contributed by atoms with E-state index in [1.54, 1.807) is 6.33 Å². The van der Waals surface area contributed by atoms with Crippen LogP contribution < -0.4 is 10.6 Å². The van der Waals surface area contributed by atoms with E-state index in [1.165, 1.54) is 0 Å². The van der Waals surface area contributed by atoms with Gasteiger partial charge < -0.3 is 20.5 Å². The van der Waals surface area contributed by atoms with Gasteiger partial charge in [0.1, 0.15) is 0 Å². The number of anilines is 2. The van der Waals surface area contributed by atoms with Crippen LogP contribution in [-0.2, 0) is 13.1 Å². The molecule has 0 fully saturated rings. The van der Waals surface area contributed by atoms with Gasteiger partial charge in [-0.3, -0.25) is 4.79 Å². The highest BCUT2D eigenvalue weighted by Crippen LogP contribution is 2.33. The number of fused-ring (bicyclic) bond motifs is 2. The summed E-state index contributed by atoms with van der Waals surface area (Å²) in [6, 6.07) is 28.4. The molecule has 6 rings (SSSR count). The second kappa shape index (κ2) is 12.9. The third kappa shape index (κ3) is 6.14. The second-order valence-electron chi connectivity index (χ2n) is 9.22. The number of halogens is 3. The van der Waals surface area contributed by atoms with Crippen molar-refractivity contribution in [3.05, 3.63) is 114 Å². The van der Waals surface area contributed by atoms with Crippen molar-refractivity contribution >= 4 is 65.3 Å². The molecule has 39 heavy (non-hydrogen) atoms. The number of carbonyl (C=O) groups is 1. The molecule has 2 heterocycles. The molecule has 1 aliphatic rings. The first-order chi connectivity index (χ1) is 17.7. The molecule has 0 spiro atoms. The van der Waals surface area contributed by atoms with Crippen LogP contribution in [0.5, 0.6) is 0 Å². The number of nitrogens with zero attached hydrogens (tertiary/aromatic N) is 3. The van der Waals surface area contributed by atoms with Gasteiger partial charge in [-0.25, -0.2) is 4.98 Å². The van der Waals surface area contributed by atoms with Crippen molar-refractivity contribution in [1.29, 1.82) is 0 Å². The molecule has 0 aliphatic carbocycles. The van der Waals surface area contributed by atoms with Crippen molar-refractivity contribution in [3.8, 4) is 11.1 Å². The van der Waals surface area contributed by atoms with Gasteiger partial charge in [0.15, 0.2) is 0 Å². The Morgan fingerprint density at radius 1 is 0.872 bits per heavy atom. The first-order valence-corrected chi connectivity index (χ1v) is 12.1. The van der Waals surface area contributed by atoms with Crippen molar-refractivity contribution in [2.75, 3.05) is 23.7 Å². The summed E-state index contributed by atoms with van der Waals surface area (Å²) < 4.78 is 0. The average molecular weight is 583 g/mol. The van der Waals surface area contributed by atoms with Crippen molar-refractivity contribution in [1.82, 2.24) is 14.9 Å². The predicted octanol–water partition coefficient (Wildman–Crippen LogP) is 6.74. The molecular weight excluding hydrogens is 553 g/mol. The van der Waals surface area contributed by atoms with E-state index in [4.69, 9.17) is 5.73 Å². The molecule has 3 N–H and O–H groups in total. The fourth-order valence-corrected chi connectivity index (χ4v) is 5.06. The monoisotopic (exact) mass is 581 g/mol. The summed E-state index contributed by atoms with van der Waals surface area (Å²) in [5.41, 5.74) is 13.0. The smallest absolute Gasteiger partial charge is 0.254 e. The SMILES string of the molecule is Cl.Cl.Cl.Nc1cccc(-c2ccc3c(c2)CN(C(=O)c2cccc4ccccc24)CCN3Cc2cnc[nH]2)c1. The van der Waals surface area contributed by atoms with Crippen LogP contribution in [0.1, 0.15) is 21.6 Å². The zero-order chi connectivity index (χ0) is 24.5. The number of aromatic amines is 1. The van der Waals surface area contributed by atoms with E-state index in [1.807, 2.05) is 71.8 Å². The van der Waals surface area contributed by atoms with Gasteiger partial charge in [0.25, 0.3) is 5.91 Å². The van der Waals surface area contributed by atoms with Crippen LogP contribution >= 0.6 is 37.2 Å². The lowest BCUT2D eigenvalue weighted by Crippen LogP contribution is -2.35. The standard InChI is InChI=1S/C30H27N5O.3ClH/c31-25-8-3-7-22(16-25)23-11-12-29-24(15-23)18-35(14-13-34(29)19-26-17-32-20-33-26)30(36)28-10-4-6-21-5-1-2-9-27(21)28;;;/h1-12,15-17,20H,13-14,18-19,31H2,(H,32,33);3*1H. The number of aromatic nitrogens is 2. The molecule has 0 unspecified atom stereocenters. The molecule has 1 aliphatic heterocycles. The first kappa shape index (κ1) is 29.8. The Labute approximate surface area is 246 Å². The number of imidazole rings is 1. The fourth-order valence-electron chi connectivity index (χ4n) is 5.06. The summed E-state index contributed by atoms with van der Waals surface area (Å²) in [7, 11) is 0. The quantitative estimate of drug-likeness (QED) is 0.230. The van der Waals surface area contributed by atoms with E-state index < -0.39 is 0 Å². The molecule has 4 aromatic carbocycles. The van der Waals surface area contributed by atoms with Gasteiger partial charge in [-0.2, -0.15) is 0 Å². The summed E-state index contributed by atoms with van der Waals surface area (Å²) in [5, 5.41) is 2.06. The molecular formula is C30H30Cl3N5O. The van der Waals surface area contributed by atoms with E-state index in [2.05, 4.69) is 39.1 Å². The predicted molar refractivity (Wildman–Crippen MR) is 166 cm³/mol. The number of benzene rings is 4. The Bertz CT molecular complexity index is 1550. The summed E-state index contributed by atoms with van der Waals surface area (Å²) in [6.45, 7) is 2.58. The number of nitrogen functional groups attached to an aromatic ring is 1. The Balaban J connectivity index is 0.00000140. The van der Waals surface area contributed by atoms with Crippen LogP contribution in [0.25, 0.3) is 21.9 Å². The van der Waals surface area contributed by atoms with Gasteiger partial charge in [0, 0.05) is 42.8 Å². The highest BCUT2D eigenvalue weighted by Gasteiger charge is 2.25. The Morgan fingerprint density at radius 2 is 1.64 bits per heavy atom. The number of nitrogens with one attached hydrogen (secondary N) is 1. The summed E-state index contributed by atoms with van der Waals surface area (Å²) in [4.78, 5) is 25.6. The van der Waals surface area contributed by atoms with Gasteiger partial charge in [-0.1, -0.05) is 54.6 Å². The van der Waals surface area contributed by atoms with Crippen LogP contribution in [0, 0.1) is 0 Å². The van der Waals surface area contributed by atoms with Gasteiger partial charge in [0.2, 0.25) is 0 Å². The molecule has 202 valence electrons. The lowest BCUT2D eigenvalue weighted by molar-refractivity contribution is 0.0753. The first-order valence-electron chi connectivity index (χ1n) is 12.1. The maximum Gasteiger partial charge on any atom is 0.254 e. The van der Waals surface area contributed by atoms with Crippen molar-refractivity contribution in [3.63, 3.8) is 0 Å². The van der Waals surface area contributed by atoms with E-state index in [0.717, 1.165) is 56.6 Å². The van der Waals surface area contributed by atoms with Crippen molar-refractivity contribution in [2.45, 2.75) is 13.1 Å². The van der Waals surface area contributed by atoms with Crippen LogP contribution in [0.4, 0.5) is 11.4 Å². The van der Waals surface area contributed by atoms with Crippen molar-refractivity contribution < 1.29 is 4.79 Å². The van der Waals surface area contributed by atoms with E-state index >= 15 is 0 Å². The van der Waals surface area contributed by atoms with Crippen LogP contribution in [0.2, 0.25) is 0 Å². The third-order valence-electron chi connectivity index (χ3n) is 6.86. The van der Waals surface area contributed by atoms with E-state index in [9.17, 15) is 4.79 Å². The highest BCUT2D eigenvalue weighted by molar-refractivity contribution is 6.07. The average Bonchev–Trinajstić information content (AvgIpc) is 3.36. The molecule has 0 saturated heterocycles. The second-order valence-corrected chi connectivity index (χ2v) is 9.22. The van der Waals surface area contributed by atoms with Gasteiger partial charge >= 0.3 is 0 Å². The number of carbonyl (C=O) groups excluding carboxylic acids is 1. The number of amides is 1. The van der Waals surface area contributed by atoms with Gasteiger partial charge in [-0.05, 0) is 57.8 Å².